The Labute approximate surface area is 70.5 Å². The molecular formula is C4H8NNaO2. The maximum Gasteiger partial charge on any atom is 1.00 e. The quantitative estimate of drug-likeness (QED) is 0.378. The molecule has 0 unspecified atom stereocenters. The zero-order chi connectivity index (χ0) is 5.86. The minimum Gasteiger partial charge on any atom is -0.550 e. The normalized spacial score (nSPS) is 11.8. The van der Waals surface area contributed by atoms with Gasteiger partial charge in [-0.2, -0.15) is 0 Å². The molecule has 0 heterocycles. The van der Waals surface area contributed by atoms with Crippen molar-refractivity contribution in [2.75, 3.05) is 0 Å². The molecule has 0 fully saturated rings. The number of carbonyl (C=O) groups is 1. The van der Waals surface area contributed by atoms with Crippen molar-refractivity contribution in [1.82, 2.24) is 0 Å². The van der Waals surface area contributed by atoms with Crippen LogP contribution in [0, 0.1) is 0 Å². The van der Waals surface area contributed by atoms with Gasteiger partial charge >= 0.3 is 29.6 Å². The molecule has 0 saturated carbocycles. The Kier molecular flexibility index (Phi) is 7.83. The van der Waals surface area contributed by atoms with Crippen molar-refractivity contribution < 1.29 is 39.5 Å². The smallest absolute Gasteiger partial charge is 0.550 e. The molecule has 0 saturated heterocycles. The van der Waals surface area contributed by atoms with Crippen LogP contribution in [0.5, 0.6) is 0 Å². The minimum absolute atomic E-state index is 0. The molecule has 0 spiro atoms. The van der Waals surface area contributed by atoms with E-state index in [1.54, 1.807) is 6.92 Å². The Hall–Kier alpha value is 0.430. The first kappa shape index (κ1) is 11.3. The zero-order valence-corrected chi connectivity index (χ0v) is 7.18. The molecule has 2 N–H and O–H groups in total. The summed E-state index contributed by atoms with van der Waals surface area (Å²) in [6, 6.07) is -0.287. The van der Waals surface area contributed by atoms with E-state index in [1.807, 2.05) is 0 Å². The predicted octanol–water partition coefficient (Wildman–Crippen LogP) is -4.52. The van der Waals surface area contributed by atoms with E-state index in [9.17, 15) is 9.90 Å². The number of rotatable bonds is 2. The zero-order valence-electron chi connectivity index (χ0n) is 5.18. The monoisotopic (exact) mass is 125 g/mol. The van der Waals surface area contributed by atoms with E-state index < -0.39 is 5.97 Å². The molecule has 0 bridgehead atoms. The first-order valence-electron chi connectivity index (χ1n) is 2.08. The summed E-state index contributed by atoms with van der Waals surface area (Å²) in [5.74, 6) is -1.09. The first-order chi connectivity index (χ1) is 3.13. The average Bonchev–Trinajstić information content (AvgIpc) is 1.27. The van der Waals surface area contributed by atoms with E-state index >= 15 is 0 Å². The Morgan fingerprint density at radius 1 is 1.88 bits per heavy atom. The van der Waals surface area contributed by atoms with Crippen LogP contribution >= 0.6 is 0 Å². The summed E-state index contributed by atoms with van der Waals surface area (Å²) in [5, 5.41) is 9.62. The standard InChI is InChI=1S/C4H9NO2.Na/c1-3(5)2-4(6)7;/h3H,2,5H2,1H3,(H,6,7);/q;+1/p-1/t3-;/m0./s1. The molecule has 0 aliphatic heterocycles. The molecule has 8 heavy (non-hydrogen) atoms. The van der Waals surface area contributed by atoms with Crippen LogP contribution in [0.15, 0.2) is 0 Å². The predicted molar refractivity (Wildman–Crippen MR) is 23.3 cm³/mol. The first-order valence-corrected chi connectivity index (χ1v) is 2.08. The van der Waals surface area contributed by atoms with Crippen molar-refractivity contribution >= 4 is 5.97 Å². The maximum absolute atomic E-state index is 9.62. The van der Waals surface area contributed by atoms with Crippen LogP contribution in [-0.2, 0) is 4.79 Å². The van der Waals surface area contributed by atoms with Crippen LogP contribution < -0.4 is 40.4 Å². The summed E-state index contributed by atoms with van der Waals surface area (Å²) < 4.78 is 0. The molecule has 42 valence electrons. The van der Waals surface area contributed by atoms with Gasteiger partial charge in [0.25, 0.3) is 0 Å². The fourth-order valence-electron chi connectivity index (χ4n) is 0.263. The van der Waals surface area contributed by atoms with Gasteiger partial charge in [-0.05, 0) is 6.92 Å². The van der Waals surface area contributed by atoms with E-state index in [2.05, 4.69) is 0 Å². The van der Waals surface area contributed by atoms with Crippen LogP contribution in [0.1, 0.15) is 13.3 Å². The summed E-state index contributed by atoms with van der Waals surface area (Å²) in [5.41, 5.74) is 5.07. The Balaban J connectivity index is 0. The molecule has 3 nitrogen and oxygen atoms in total. The Morgan fingerprint density at radius 2 is 2.25 bits per heavy atom. The molecule has 0 amide bonds. The summed E-state index contributed by atoms with van der Waals surface area (Å²) >= 11 is 0. The van der Waals surface area contributed by atoms with Gasteiger partial charge in [0.05, 0.1) is 0 Å². The molecule has 0 aromatic rings. The van der Waals surface area contributed by atoms with Gasteiger partial charge in [-0.15, -0.1) is 0 Å². The second kappa shape index (κ2) is 5.56. The molecular weight excluding hydrogens is 117 g/mol. The van der Waals surface area contributed by atoms with Gasteiger partial charge in [0.1, 0.15) is 0 Å². The number of carbonyl (C=O) groups excluding carboxylic acids is 1. The summed E-state index contributed by atoms with van der Waals surface area (Å²) in [6.45, 7) is 1.62. The second-order valence-corrected chi connectivity index (χ2v) is 1.55. The van der Waals surface area contributed by atoms with E-state index in [0.717, 1.165) is 0 Å². The Bertz CT molecular complexity index is 74.4. The van der Waals surface area contributed by atoms with Crippen molar-refractivity contribution in [1.29, 1.82) is 0 Å². The number of aliphatic carboxylic acids is 1. The van der Waals surface area contributed by atoms with E-state index in [0.29, 0.717) is 0 Å². The molecule has 0 radical (unpaired) electrons. The molecule has 4 heteroatoms. The number of hydrogen-bond donors (Lipinski definition) is 1. The van der Waals surface area contributed by atoms with Gasteiger partial charge in [-0.25, -0.2) is 0 Å². The molecule has 1 atom stereocenters. The van der Waals surface area contributed by atoms with Crippen molar-refractivity contribution in [3.05, 3.63) is 0 Å². The van der Waals surface area contributed by atoms with Gasteiger partial charge in [0.15, 0.2) is 0 Å². The van der Waals surface area contributed by atoms with Gasteiger partial charge in [-0.1, -0.05) is 0 Å². The van der Waals surface area contributed by atoms with Crippen molar-refractivity contribution in [2.45, 2.75) is 19.4 Å². The fourth-order valence-corrected chi connectivity index (χ4v) is 0.263. The van der Waals surface area contributed by atoms with Crippen LogP contribution in [-0.4, -0.2) is 12.0 Å². The number of hydrogen-bond acceptors (Lipinski definition) is 3. The largest absolute Gasteiger partial charge is 1.00 e. The molecule has 0 aromatic carbocycles. The van der Waals surface area contributed by atoms with Crippen molar-refractivity contribution in [3.8, 4) is 0 Å². The maximum atomic E-state index is 9.62. The average molecular weight is 125 g/mol. The van der Waals surface area contributed by atoms with E-state index in [1.165, 1.54) is 0 Å². The van der Waals surface area contributed by atoms with Crippen LogP contribution in [0.25, 0.3) is 0 Å². The van der Waals surface area contributed by atoms with Crippen molar-refractivity contribution in [3.63, 3.8) is 0 Å². The molecule has 0 rings (SSSR count). The number of carboxylic acid groups (broad SMARTS) is 1. The third kappa shape index (κ3) is 9.66. The third-order valence-corrected chi connectivity index (χ3v) is 0.489. The summed E-state index contributed by atoms with van der Waals surface area (Å²) in [6.07, 6.45) is -0.0556. The third-order valence-electron chi connectivity index (χ3n) is 0.489. The van der Waals surface area contributed by atoms with E-state index in [-0.39, 0.29) is 42.0 Å². The number of nitrogens with two attached hydrogens (primary N) is 1. The topological polar surface area (TPSA) is 66.2 Å². The minimum atomic E-state index is -1.09. The van der Waals surface area contributed by atoms with Crippen LogP contribution in [0.2, 0.25) is 0 Å². The summed E-state index contributed by atoms with van der Waals surface area (Å²) in [7, 11) is 0. The molecule has 0 aliphatic carbocycles. The van der Waals surface area contributed by atoms with Gasteiger partial charge < -0.3 is 15.6 Å². The van der Waals surface area contributed by atoms with Crippen molar-refractivity contribution in [2.24, 2.45) is 5.73 Å². The SMILES string of the molecule is C[C@H](N)CC(=O)[O-].[Na+]. The molecule has 0 aliphatic rings. The van der Waals surface area contributed by atoms with Crippen LogP contribution in [0.4, 0.5) is 0 Å². The van der Waals surface area contributed by atoms with Gasteiger partial charge in [-0.3, -0.25) is 0 Å². The van der Waals surface area contributed by atoms with Gasteiger partial charge in [0.2, 0.25) is 0 Å². The fraction of sp³-hybridized carbons (Fsp3) is 0.750. The molecule has 0 aromatic heterocycles. The Morgan fingerprint density at radius 3 is 2.25 bits per heavy atom. The van der Waals surface area contributed by atoms with Gasteiger partial charge in [0, 0.05) is 18.4 Å². The number of carboxylic acids is 1. The van der Waals surface area contributed by atoms with E-state index in [4.69, 9.17) is 5.73 Å². The summed E-state index contributed by atoms with van der Waals surface area (Å²) in [4.78, 5) is 9.62. The van der Waals surface area contributed by atoms with Crippen LogP contribution in [0.3, 0.4) is 0 Å². The second-order valence-electron chi connectivity index (χ2n) is 1.55.